The standard InChI is InChI=1S/C18H23N3O3/c1-13-11-14-15(5-10-24-17(14)16(12-13)23-2)20-18(22)19-6-9-21-7-3-4-8-21/h3-4,7-8,11-12,15H,5-6,9-10H2,1-2H3,(H2,19,20,22)/t15-/m1/s1. The van der Waals surface area contributed by atoms with Crippen LogP contribution in [0.15, 0.2) is 36.7 Å². The van der Waals surface area contributed by atoms with Crippen LogP contribution in [0.2, 0.25) is 0 Å². The molecule has 0 fully saturated rings. The van der Waals surface area contributed by atoms with Crippen LogP contribution in [0.5, 0.6) is 11.5 Å². The van der Waals surface area contributed by atoms with E-state index in [0.29, 0.717) is 18.9 Å². The SMILES string of the molecule is COc1cc(C)cc2c1OCC[C@H]2NC(=O)NCCn1cccc1. The maximum absolute atomic E-state index is 12.2. The van der Waals surface area contributed by atoms with Gasteiger partial charge in [-0.3, -0.25) is 0 Å². The Labute approximate surface area is 141 Å². The number of ether oxygens (including phenoxy) is 2. The fraction of sp³-hybridized carbons (Fsp3) is 0.389. The molecule has 1 aromatic heterocycles. The van der Waals surface area contributed by atoms with Gasteiger partial charge in [-0.25, -0.2) is 4.79 Å². The summed E-state index contributed by atoms with van der Waals surface area (Å²) in [5.74, 6) is 1.44. The van der Waals surface area contributed by atoms with E-state index in [1.807, 2.05) is 48.1 Å². The molecule has 0 saturated carbocycles. The number of aromatic nitrogens is 1. The number of aryl methyl sites for hydroxylation is 1. The molecular weight excluding hydrogens is 306 g/mol. The van der Waals surface area contributed by atoms with Gasteiger partial charge in [0.05, 0.1) is 19.8 Å². The highest BCUT2D eigenvalue weighted by Crippen LogP contribution is 2.40. The molecule has 2 aromatic rings. The molecule has 6 nitrogen and oxygen atoms in total. The second kappa shape index (κ2) is 7.29. The molecule has 6 heteroatoms. The van der Waals surface area contributed by atoms with Crippen molar-refractivity contribution in [2.75, 3.05) is 20.3 Å². The Morgan fingerprint density at radius 3 is 2.92 bits per heavy atom. The normalized spacial score (nSPS) is 16.0. The van der Waals surface area contributed by atoms with Crippen molar-refractivity contribution in [2.45, 2.75) is 25.9 Å². The van der Waals surface area contributed by atoms with Crippen molar-refractivity contribution in [1.29, 1.82) is 0 Å². The number of nitrogens with one attached hydrogen (secondary N) is 2. The Morgan fingerprint density at radius 1 is 1.38 bits per heavy atom. The molecule has 0 bridgehead atoms. The third-order valence-electron chi connectivity index (χ3n) is 4.10. The minimum absolute atomic E-state index is 0.0749. The van der Waals surface area contributed by atoms with E-state index in [1.165, 1.54) is 0 Å². The van der Waals surface area contributed by atoms with Gasteiger partial charge in [0.1, 0.15) is 0 Å². The summed E-state index contributed by atoms with van der Waals surface area (Å²) >= 11 is 0. The zero-order chi connectivity index (χ0) is 16.9. The van der Waals surface area contributed by atoms with Crippen LogP contribution in [0.1, 0.15) is 23.6 Å². The van der Waals surface area contributed by atoms with Crippen LogP contribution in [0, 0.1) is 6.92 Å². The second-order valence-corrected chi connectivity index (χ2v) is 5.90. The van der Waals surface area contributed by atoms with Crippen molar-refractivity contribution in [3.05, 3.63) is 47.8 Å². The Kier molecular flexibility index (Phi) is 4.93. The van der Waals surface area contributed by atoms with Gasteiger partial charge >= 0.3 is 6.03 Å². The van der Waals surface area contributed by atoms with Crippen LogP contribution >= 0.6 is 0 Å². The average molecular weight is 329 g/mol. The Balaban J connectivity index is 1.62. The lowest BCUT2D eigenvalue weighted by atomic mass is 9.98. The smallest absolute Gasteiger partial charge is 0.315 e. The number of carbonyl (C=O) groups is 1. The Morgan fingerprint density at radius 2 is 2.17 bits per heavy atom. The van der Waals surface area contributed by atoms with Gasteiger partial charge in [-0.2, -0.15) is 0 Å². The minimum atomic E-state index is -0.166. The number of fused-ring (bicyclic) bond motifs is 1. The molecule has 1 aliphatic rings. The molecule has 128 valence electrons. The first-order chi connectivity index (χ1) is 11.7. The fourth-order valence-corrected chi connectivity index (χ4v) is 2.94. The second-order valence-electron chi connectivity index (χ2n) is 5.90. The molecule has 0 aliphatic carbocycles. The van der Waals surface area contributed by atoms with E-state index in [9.17, 15) is 4.79 Å². The Hall–Kier alpha value is -2.63. The molecule has 3 rings (SSSR count). The molecule has 2 heterocycles. The minimum Gasteiger partial charge on any atom is -0.493 e. The molecule has 0 spiro atoms. The zero-order valence-corrected chi connectivity index (χ0v) is 14.0. The summed E-state index contributed by atoms with van der Waals surface area (Å²) in [6.45, 7) is 3.89. The first-order valence-electron chi connectivity index (χ1n) is 8.14. The third-order valence-corrected chi connectivity index (χ3v) is 4.10. The summed E-state index contributed by atoms with van der Waals surface area (Å²) in [7, 11) is 1.63. The lowest BCUT2D eigenvalue weighted by Gasteiger charge is -2.28. The largest absolute Gasteiger partial charge is 0.493 e. The molecule has 0 radical (unpaired) electrons. The van der Waals surface area contributed by atoms with E-state index < -0.39 is 0 Å². The van der Waals surface area contributed by atoms with Crippen molar-refractivity contribution in [2.24, 2.45) is 0 Å². The van der Waals surface area contributed by atoms with Crippen molar-refractivity contribution in [3.8, 4) is 11.5 Å². The summed E-state index contributed by atoms with van der Waals surface area (Å²) in [5.41, 5.74) is 2.05. The van der Waals surface area contributed by atoms with Gasteiger partial charge in [-0.1, -0.05) is 6.07 Å². The highest BCUT2D eigenvalue weighted by molar-refractivity contribution is 5.74. The van der Waals surface area contributed by atoms with E-state index in [0.717, 1.165) is 29.8 Å². The number of benzene rings is 1. The van der Waals surface area contributed by atoms with E-state index in [1.54, 1.807) is 7.11 Å². The zero-order valence-electron chi connectivity index (χ0n) is 14.0. The van der Waals surface area contributed by atoms with Gasteiger partial charge in [0.15, 0.2) is 11.5 Å². The van der Waals surface area contributed by atoms with Gasteiger partial charge in [0.25, 0.3) is 0 Å². The van der Waals surface area contributed by atoms with Gasteiger partial charge in [0, 0.05) is 37.5 Å². The monoisotopic (exact) mass is 329 g/mol. The molecular formula is C18H23N3O3. The quantitative estimate of drug-likeness (QED) is 0.886. The third kappa shape index (κ3) is 3.64. The number of rotatable bonds is 5. The van der Waals surface area contributed by atoms with Crippen LogP contribution in [-0.2, 0) is 6.54 Å². The summed E-state index contributed by atoms with van der Waals surface area (Å²) in [6.07, 6.45) is 4.69. The van der Waals surface area contributed by atoms with E-state index in [-0.39, 0.29) is 12.1 Å². The van der Waals surface area contributed by atoms with Gasteiger partial charge < -0.3 is 24.7 Å². The summed E-state index contributed by atoms with van der Waals surface area (Å²) in [5, 5.41) is 5.94. The lowest BCUT2D eigenvalue weighted by molar-refractivity contribution is 0.219. The van der Waals surface area contributed by atoms with Crippen LogP contribution in [-0.4, -0.2) is 30.9 Å². The number of hydrogen-bond donors (Lipinski definition) is 2. The van der Waals surface area contributed by atoms with Gasteiger partial charge in [-0.15, -0.1) is 0 Å². The van der Waals surface area contributed by atoms with Crippen LogP contribution < -0.4 is 20.1 Å². The van der Waals surface area contributed by atoms with Crippen LogP contribution in [0.4, 0.5) is 4.79 Å². The topological polar surface area (TPSA) is 64.5 Å². The predicted molar refractivity (Wildman–Crippen MR) is 91.6 cm³/mol. The molecule has 2 amide bonds. The van der Waals surface area contributed by atoms with Gasteiger partial charge in [-0.05, 0) is 30.7 Å². The van der Waals surface area contributed by atoms with E-state index >= 15 is 0 Å². The van der Waals surface area contributed by atoms with Crippen molar-refractivity contribution in [1.82, 2.24) is 15.2 Å². The average Bonchev–Trinajstić information content (AvgIpc) is 3.08. The number of nitrogens with zero attached hydrogens (tertiary/aromatic N) is 1. The predicted octanol–water partition coefficient (Wildman–Crippen LogP) is 2.63. The molecule has 24 heavy (non-hydrogen) atoms. The Bertz CT molecular complexity index is 698. The number of amides is 2. The summed E-state index contributed by atoms with van der Waals surface area (Å²) in [6, 6.07) is 7.68. The molecule has 0 unspecified atom stereocenters. The highest BCUT2D eigenvalue weighted by Gasteiger charge is 2.26. The van der Waals surface area contributed by atoms with E-state index in [2.05, 4.69) is 10.6 Å². The first-order valence-corrected chi connectivity index (χ1v) is 8.14. The summed E-state index contributed by atoms with van der Waals surface area (Å²) < 4.78 is 13.2. The highest BCUT2D eigenvalue weighted by atomic mass is 16.5. The molecule has 1 aliphatic heterocycles. The van der Waals surface area contributed by atoms with Crippen molar-refractivity contribution >= 4 is 6.03 Å². The van der Waals surface area contributed by atoms with E-state index in [4.69, 9.17) is 9.47 Å². The lowest BCUT2D eigenvalue weighted by Crippen LogP contribution is -2.40. The summed E-state index contributed by atoms with van der Waals surface area (Å²) in [4.78, 5) is 12.2. The molecule has 1 atom stereocenters. The maximum Gasteiger partial charge on any atom is 0.315 e. The molecule has 2 N–H and O–H groups in total. The maximum atomic E-state index is 12.2. The number of carbonyl (C=O) groups excluding carboxylic acids is 1. The van der Waals surface area contributed by atoms with Crippen molar-refractivity contribution in [3.63, 3.8) is 0 Å². The first kappa shape index (κ1) is 16.2. The molecule has 1 aromatic carbocycles. The van der Waals surface area contributed by atoms with Crippen LogP contribution in [0.3, 0.4) is 0 Å². The number of hydrogen-bond acceptors (Lipinski definition) is 3. The van der Waals surface area contributed by atoms with Crippen LogP contribution in [0.25, 0.3) is 0 Å². The number of methoxy groups -OCH3 is 1. The van der Waals surface area contributed by atoms with Gasteiger partial charge in [0.2, 0.25) is 0 Å². The fourth-order valence-electron chi connectivity index (χ4n) is 2.94. The number of urea groups is 1. The van der Waals surface area contributed by atoms with Crippen molar-refractivity contribution < 1.29 is 14.3 Å². The molecule has 0 saturated heterocycles.